The fourth-order valence-electron chi connectivity index (χ4n) is 2.49. The van der Waals surface area contributed by atoms with Crippen molar-refractivity contribution >= 4 is 16.6 Å². The lowest BCUT2D eigenvalue weighted by molar-refractivity contribution is 0.103. The van der Waals surface area contributed by atoms with Gasteiger partial charge < -0.3 is 14.9 Å². The van der Waals surface area contributed by atoms with Crippen LogP contribution < -0.4 is 4.74 Å². The highest BCUT2D eigenvalue weighted by Crippen LogP contribution is 2.37. The van der Waals surface area contributed by atoms with Crippen molar-refractivity contribution in [2.75, 3.05) is 7.11 Å². The molecule has 2 N–H and O–H groups in total. The lowest BCUT2D eigenvalue weighted by Crippen LogP contribution is -2.04. The standard InChI is InChI=1S/C18H14O4/c1-22-16-9-5-4-8-13(16)18(21)14-10-15(19)11-6-2-3-7-12(11)17(14)20/h2-10,19-20H,1H3. The van der Waals surface area contributed by atoms with Gasteiger partial charge in [-0.1, -0.05) is 36.4 Å². The van der Waals surface area contributed by atoms with Crippen molar-refractivity contribution < 1.29 is 19.7 Å². The summed E-state index contributed by atoms with van der Waals surface area (Å²) in [7, 11) is 1.48. The molecule has 0 radical (unpaired) electrons. The quantitative estimate of drug-likeness (QED) is 0.573. The van der Waals surface area contributed by atoms with Gasteiger partial charge in [0.05, 0.1) is 18.2 Å². The Hall–Kier alpha value is -3.01. The molecule has 4 heteroatoms. The molecular formula is C18H14O4. The fraction of sp³-hybridized carbons (Fsp3) is 0.0556. The summed E-state index contributed by atoms with van der Waals surface area (Å²) in [5, 5.41) is 21.4. The van der Waals surface area contributed by atoms with E-state index in [4.69, 9.17) is 4.74 Å². The first kappa shape index (κ1) is 13.9. The summed E-state index contributed by atoms with van der Waals surface area (Å²) < 4.78 is 5.18. The molecule has 0 bridgehead atoms. The van der Waals surface area contributed by atoms with E-state index in [-0.39, 0.29) is 17.1 Å². The van der Waals surface area contributed by atoms with Crippen LogP contribution in [0.2, 0.25) is 0 Å². The van der Waals surface area contributed by atoms with E-state index in [2.05, 4.69) is 0 Å². The predicted molar refractivity (Wildman–Crippen MR) is 83.7 cm³/mol. The molecule has 110 valence electrons. The van der Waals surface area contributed by atoms with Gasteiger partial charge in [-0.05, 0) is 18.2 Å². The number of aromatic hydroxyl groups is 2. The maximum atomic E-state index is 12.7. The first-order chi connectivity index (χ1) is 10.6. The van der Waals surface area contributed by atoms with E-state index in [1.165, 1.54) is 13.2 Å². The summed E-state index contributed by atoms with van der Waals surface area (Å²) in [5.41, 5.74) is 0.371. The third-order valence-corrected chi connectivity index (χ3v) is 3.59. The molecule has 0 amide bonds. The van der Waals surface area contributed by atoms with E-state index in [0.29, 0.717) is 22.1 Å². The molecule has 3 aromatic rings. The number of fused-ring (bicyclic) bond motifs is 1. The van der Waals surface area contributed by atoms with Crippen LogP contribution in [0, 0.1) is 0 Å². The predicted octanol–water partition coefficient (Wildman–Crippen LogP) is 3.49. The molecule has 0 spiro atoms. The van der Waals surface area contributed by atoms with E-state index in [1.807, 2.05) is 0 Å². The molecule has 0 fully saturated rings. The number of phenols is 2. The second-order valence-electron chi connectivity index (χ2n) is 4.87. The molecule has 0 aromatic heterocycles. The lowest BCUT2D eigenvalue weighted by atomic mass is 9.97. The second-order valence-corrected chi connectivity index (χ2v) is 4.87. The fourth-order valence-corrected chi connectivity index (χ4v) is 2.49. The number of benzene rings is 3. The van der Waals surface area contributed by atoms with Crippen LogP contribution in [0.4, 0.5) is 0 Å². The van der Waals surface area contributed by atoms with Gasteiger partial charge in [0, 0.05) is 10.8 Å². The zero-order chi connectivity index (χ0) is 15.7. The SMILES string of the molecule is COc1ccccc1C(=O)c1cc(O)c2ccccc2c1O. The number of ether oxygens (including phenoxy) is 1. The highest BCUT2D eigenvalue weighted by molar-refractivity contribution is 6.15. The Labute approximate surface area is 127 Å². The summed E-state index contributed by atoms with van der Waals surface area (Å²) >= 11 is 0. The molecule has 0 atom stereocenters. The van der Waals surface area contributed by atoms with Crippen LogP contribution in [-0.4, -0.2) is 23.1 Å². The summed E-state index contributed by atoms with van der Waals surface area (Å²) in [6, 6.07) is 14.9. The van der Waals surface area contributed by atoms with Crippen molar-refractivity contribution in [1.82, 2.24) is 0 Å². The third-order valence-electron chi connectivity index (χ3n) is 3.59. The average molecular weight is 294 g/mol. The van der Waals surface area contributed by atoms with Gasteiger partial charge >= 0.3 is 0 Å². The normalized spacial score (nSPS) is 10.6. The van der Waals surface area contributed by atoms with Gasteiger partial charge in [0.15, 0.2) is 0 Å². The highest BCUT2D eigenvalue weighted by Gasteiger charge is 2.20. The molecule has 0 heterocycles. The van der Waals surface area contributed by atoms with Crippen molar-refractivity contribution in [3.05, 3.63) is 65.7 Å². The number of carbonyl (C=O) groups excluding carboxylic acids is 1. The third kappa shape index (κ3) is 2.15. The zero-order valence-electron chi connectivity index (χ0n) is 11.9. The maximum Gasteiger partial charge on any atom is 0.200 e. The Morgan fingerprint density at radius 2 is 1.55 bits per heavy atom. The van der Waals surface area contributed by atoms with Crippen LogP contribution in [0.5, 0.6) is 17.2 Å². The Balaban J connectivity index is 2.22. The molecule has 3 aromatic carbocycles. The number of carbonyl (C=O) groups is 1. The first-order valence-corrected chi connectivity index (χ1v) is 6.75. The van der Waals surface area contributed by atoms with Crippen LogP contribution in [0.25, 0.3) is 10.8 Å². The molecule has 0 aliphatic rings. The zero-order valence-corrected chi connectivity index (χ0v) is 11.9. The van der Waals surface area contributed by atoms with Crippen molar-refractivity contribution in [2.24, 2.45) is 0 Å². The van der Waals surface area contributed by atoms with E-state index < -0.39 is 5.78 Å². The average Bonchev–Trinajstić information content (AvgIpc) is 2.57. The highest BCUT2D eigenvalue weighted by atomic mass is 16.5. The lowest BCUT2D eigenvalue weighted by Gasteiger charge is -2.11. The van der Waals surface area contributed by atoms with E-state index in [9.17, 15) is 15.0 Å². The minimum atomic E-state index is -0.406. The van der Waals surface area contributed by atoms with Crippen LogP contribution >= 0.6 is 0 Å². The van der Waals surface area contributed by atoms with Crippen LogP contribution in [0.15, 0.2) is 54.6 Å². The van der Waals surface area contributed by atoms with Crippen LogP contribution in [-0.2, 0) is 0 Å². The Morgan fingerprint density at radius 3 is 2.27 bits per heavy atom. The van der Waals surface area contributed by atoms with Crippen LogP contribution in [0.3, 0.4) is 0 Å². The number of hydrogen-bond donors (Lipinski definition) is 2. The summed E-state index contributed by atoms with van der Waals surface area (Å²) in [4.78, 5) is 12.7. The molecule has 0 aliphatic carbocycles. The molecular weight excluding hydrogens is 280 g/mol. The maximum absolute atomic E-state index is 12.7. The van der Waals surface area contributed by atoms with Crippen molar-refractivity contribution in [3.63, 3.8) is 0 Å². The number of hydrogen-bond acceptors (Lipinski definition) is 4. The Bertz CT molecular complexity index is 868. The number of methoxy groups -OCH3 is 1. The van der Waals surface area contributed by atoms with Gasteiger partial charge in [0.2, 0.25) is 5.78 Å². The molecule has 0 saturated heterocycles. The van der Waals surface area contributed by atoms with Crippen molar-refractivity contribution in [1.29, 1.82) is 0 Å². The minimum absolute atomic E-state index is 0.0423. The van der Waals surface area contributed by atoms with Gasteiger partial charge in [-0.25, -0.2) is 0 Å². The van der Waals surface area contributed by atoms with E-state index in [1.54, 1.807) is 48.5 Å². The summed E-state index contributed by atoms with van der Waals surface area (Å²) in [5.74, 6) is -0.188. The van der Waals surface area contributed by atoms with Crippen molar-refractivity contribution in [3.8, 4) is 17.2 Å². The van der Waals surface area contributed by atoms with Gasteiger partial charge in [0.1, 0.15) is 17.2 Å². The molecule has 0 saturated carbocycles. The number of phenolic OH excluding ortho intramolecular Hbond substituents is 2. The topological polar surface area (TPSA) is 66.8 Å². The smallest absolute Gasteiger partial charge is 0.200 e. The molecule has 0 unspecified atom stereocenters. The Kier molecular flexibility index (Phi) is 3.43. The summed E-state index contributed by atoms with van der Waals surface area (Å²) in [6.45, 7) is 0. The number of ketones is 1. The van der Waals surface area contributed by atoms with Crippen molar-refractivity contribution in [2.45, 2.75) is 0 Å². The number of rotatable bonds is 3. The largest absolute Gasteiger partial charge is 0.507 e. The van der Waals surface area contributed by atoms with E-state index >= 15 is 0 Å². The Morgan fingerprint density at radius 1 is 0.909 bits per heavy atom. The second kappa shape index (κ2) is 5.41. The van der Waals surface area contributed by atoms with Crippen LogP contribution in [0.1, 0.15) is 15.9 Å². The monoisotopic (exact) mass is 294 g/mol. The summed E-state index contributed by atoms with van der Waals surface area (Å²) in [6.07, 6.45) is 0. The minimum Gasteiger partial charge on any atom is -0.507 e. The first-order valence-electron chi connectivity index (χ1n) is 6.75. The number of para-hydroxylation sites is 1. The van der Waals surface area contributed by atoms with Gasteiger partial charge in [0.25, 0.3) is 0 Å². The van der Waals surface area contributed by atoms with E-state index in [0.717, 1.165) is 0 Å². The van der Waals surface area contributed by atoms with Gasteiger partial charge in [-0.3, -0.25) is 4.79 Å². The molecule has 4 nitrogen and oxygen atoms in total. The molecule has 22 heavy (non-hydrogen) atoms. The van der Waals surface area contributed by atoms with Gasteiger partial charge in [-0.15, -0.1) is 0 Å². The van der Waals surface area contributed by atoms with Gasteiger partial charge in [-0.2, -0.15) is 0 Å². The molecule has 3 rings (SSSR count). The molecule has 0 aliphatic heterocycles.